The summed E-state index contributed by atoms with van der Waals surface area (Å²) in [4.78, 5) is 10.9. The third kappa shape index (κ3) is 5.50. The van der Waals surface area contributed by atoms with E-state index in [1.165, 1.54) is 18.2 Å². The van der Waals surface area contributed by atoms with Gasteiger partial charge in [0.05, 0.1) is 11.3 Å². The van der Waals surface area contributed by atoms with E-state index in [0.29, 0.717) is 17.8 Å². The van der Waals surface area contributed by atoms with Crippen LogP contribution in [0.4, 0.5) is 24.5 Å². The predicted octanol–water partition coefficient (Wildman–Crippen LogP) is 3.11. The number of hydrogen-bond donors (Lipinski definition) is 3. The number of carboxylic acid groups (broad SMARTS) is 1. The van der Waals surface area contributed by atoms with Crippen molar-refractivity contribution in [2.45, 2.75) is 25.4 Å². The van der Waals surface area contributed by atoms with Crippen LogP contribution in [0, 0.1) is 0 Å². The van der Waals surface area contributed by atoms with E-state index in [-0.39, 0.29) is 18.5 Å². The van der Waals surface area contributed by atoms with Crippen LogP contribution >= 0.6 is 0 Å². The van der Waals surface area contributed by atoms with Gasteiger partial charge in [0.2, 0.25) is 0 Å². The Balaban J connectivity index is 2.49. The summed E-state index contributed by atoms with van der Waals surface area (Å²) in [7, 11) is 0. The highest BCUT2D eigenvalue weighted by molar-refractivity contribution is 5.95. The minimum Gasteiger partial charge on any atom is -0.478 e. The minimum absolute atomic E-state index is 0.00121. The van der Waals surface area contributed by atoms with Crippen LogP contribution in [0.5, 0.6) is 0 Å². The van der Waals surface area contributed by atoms with E-state index < -0.39 is 18.6 Å². The summed E-state index contributed by atoms with van der Waals surface area (Å²) in [6.45, 7) is 0.264. The maximum absolute atomic E-state index is 11.9. The van der Waals surface area contributed by atoms with Gasteiger partial charge in [0.25, 0.3) is 0 Å². The lowest BCUT2D eigenvalue weighted by molar-refractivity contribution is -0.135. The number of nitrogen functional groups attached to an aromatic ring is 1. The molecule has 0 atom stereocenters. The summed E-state index contributed by atoms with van der Waals surface area (Å²) in [5.41, 5.74) is 6.29. The molecule has 0 aliphatic heterocycles. The molecule has 0 radical (unpaired) electrons. The van der Waals surface area contributed by atoms with E-state index in [1.54, 1.807) is 0 Å². The smallest absolute Gasteiger partial charge is 0.389 e. The Labute approximate surface area is 108 Å². The molecule has 0 fully saturated rings. The van der Waals surface area contributed by atoms with Crippen LogP contribution in [-0.2, 0) is 0 Å². The number of anilines is 2. The number of aromatic carboxylic acids is 1. The molecule has 1 aromatic rings. The quantitative estimate of drug-likeness (QED) is 0.551. The lowest BCUT2D eigenvalue weighted by atomic mass is 10.1. The van der Waals surface area contributed by atoms with Crippen molar-refractivity contribution in [3.8, 4) is 0 Å². The van der Waals surface area contributed by atoms with Gasteiger partial charge in [-0.2, -0.15) is 13.2 Å². The summed E-state index contributed by atoms with van der Waals surface area (Å²) in [5.74, 6) is -1.11. The molecule has 0 saturated heterocycles. The Hall–Kier alpha value is -1.92. The highest BCUT2D eigenvalue weighted by Crippen LogP contribution is 2.23. The number of carbonyl (C=O) groups is 1. The normalized spacial score (nSPS) is 11.3. The van der Waals surface area contributed by atoms with E-state index in [4.69, 9.17) is 10.8 Å². The fourth-order valence-corrected chi connectivity index (χ4v) is 1.57. The number of benzene rings is 1. The zero-order valence-electron chi connectivity index (χ0n) is 10.1. The highest BCUT2D eigenvalue weighted by atomic mass is 19.4. The Morgan fingerprint density at radius 2 is 2.00 bits per heavy atom. The number of nitrogens with one attached hydrogen (secondary N) is 1. The van der Waals surface area contributed by atoms with Crippen LogP contribution < -0.4 is 11.1 Å². The fraction of sp³-hybridized carbons (Fsp3) is 0.417. The van der Waals surface area contributed by atoms with Gasteiger partial charge in [-0.1, -0.05) is 0 Å². The minimum atomic E-state index is -4.15. The zero-order valence-corrected chi connectivity index (χ0v) is 10.1. The molecule has 0 spiro atoms. The van der Waals surface area contributed by atoms with E-state index in [9.17, 15) is 18.0 Å². The average Bonchev–Trinajstić information content (AvgIpc) is 2.26. The van der Waals surface area contributed by atoms with Crippen molar-refractivity contribution in [3.05, 3.63) is 23.8 Å². The van der Waals surface area contributed by atoms with Crippen LogP contribution in [0.15, 0.2) is 18.2 Å². The summed E-state index contributed by atoms with van der Waals surface area (Å²) in [6, 6.07) is 4.27. The van der Waals surface area contributed by atoms with Gasteiger partial charge in [-0.25, -0.2) is 4.79 Å². The monoisotopic (exact) mass is 276 g/mol. The molecular weight excluding hydrogens is 261 g/mol. The number of rotatable bonds is 6. The number of halogens is 3. The van der Waals surface area contributed by atoms with E-state index in [1.807, 2.05) is 0 Å². The van der Waals surface area contributed by atoms with Crippen LogP contribution in [0.1, 0.15) is 29.6 Å². The molecule has 0 bridgehead atoms. The maximum atomic E-state index is 11.9. The molecule has 7 heteroatoms. The van der Waals surface area contributed by atoms with Gasteiger partial charge < -0.3 is 16.2 Å². The summed E-state index contributed by atoms with van der Waals surface area (Å²) in [6.07, 6.45) is -4.69. The molecule has 4 nitrogen and oxygen atoms in total. The first-order valence-electron chi connectivity index (χ1n) is 5.73. The van der Waals surface area contributed by atoms with Crippen molar-refractivity contribution < 1.29 is 23.1 Å². The lowest BCUT2D eigenvalue weighted by Gasteiger charge is -2.11. The molecule has 106 valence electrons. The third-order valence-corrected chi connectivity index (χ3v) is 2.48. The van der Waals surface area contributed by atoms with Crippen molar-refractivity contribution in [1.82, 2.24) is 0 Å². The first-order valence-corrected chi connectivity index (χ1v) is 5.73. The summed E-state index contributed by atoms with van der Waals surface area (Å²) in [5, 5.41) is 11.7. The molecule has 0 amide bonds. The highest BCUT2D eigenvalue weighted by Gasteiger charge is 2.25. The van der Waals surface area contributed by atoms with Gasteiger partial charge in [0.15, 0.2) is 0 Å². The Morgan fingerprint density at radius 3 is 2.58 bits per heavy atom. The summed E-state index contributed by atoms with van der Waals surface area (Å²) < 4.78 is 35.7. The third-order valence-electron chi connectivity index (χ3n) is 2.48. The second-order valence-electron chi connectivity index (χ2n) is 4.11. The molecule has 0 aliphatic carbocycles. The van der Waals surface area contributed by atoms with Crippen molar-refractivity contribution in [2.75, 3.05) is 17.6 Å². The van der Waals surface area contributed by atoms with Gasteiger partial charge in [0, 0.05) is 18.7 Å². The molecule has 0 aliphatic rings. The average molecular weight is 276 g/mol. The number of hydrogen-bond acceptors (Lipinski definition) is 3. The van der Waals surface area contributed by atoms with Gasteiger partial charge in [-0.3, -0.25) is 0 Å². The number of nitrogens with two attached hydrogens (primary N) is 1. The number of carboxylic acids is 1. The molecule has 0 unspecified atom stereocenters. The van der Waals surface area contributed by atoms with Crippen LogP contribution in [0.2, 0.25) is 0 Å². The molecule has 19 heavy (non-hydrogen) atoms. The van der Waals surface area contributed by atoms with Crippen molar-refractivity contribution >= 4 is 17.3 Å². The first-order chi connectivity index (χ1) is 8.79. The number of alkyl halides is 3. The topological polar surface area (TPSA) is 75.4 Å². The van der Waals surface area contributed by atoms with E-state index in [0.717, 1.165) is 0 Å². The zero-order chi connectivity index (χ0) is 14.5. The van der Waals surface area contributed by atoms with Gasteiger partial charge >= 0.3 is 12.1 Å². The van der Waals surface area contributed by atoms with Crippen LogP contribution in [0.25, 0.3) is 0 Å². The Kier molecular flexibility index (Phi) is 5.02. The van der Waals surface area contributed by atoms with Gasteiger partial charge in [-0.05, 0) is 31.0 Å². The van der Waals surface area contributed by atoms with Crippen molar-refractivity contribution in [2.24, 2.45) is 0 Å². The molecule has 1 rings (SSSR count). The van der Waals surface area contributed by atoms with Gasteiger partial charge in [-0.15, -0.1) is 0 Å². The largest absolute Gasteiger partial charge is 0.478 e. The molecule has 0 saturated carbocycles. The first kappa shape index (κ1) is 15.1. The SMILES string of the molecule is Nc1ccc(C(=O)O)c(NCCCCC(F)(F)F)c1. The maximum Gasteiger partial charge on any atom is 0.389 e. The standard InChI is InChI=1S/C12H15F3N2O2/c13-12(14,15)5-1-2-6-17-10-7-8(16)3-4-9(10)11(18)19/h3-4,7,17H,1-2,5-6,16H2,(H,18,19). The predicted molar refractivity (Wildman–Crippen MR) is 66.2 cm³/mol. The van der Waals surface area contributed by atoms with Crippen molar-refractivity contribution in [3.63, 3.8) is 0 Å². The molecule has 0 aromatic heterocycles. The molecule has 0 heterocycles. The lowest BCUT2D eigenvalue weighted by Crippen LogP contribution is -2.10. The number of unbranched alkanes of at least 4 members (excludes halogenated alkanes) is 1. The van der Waals surface area contributed by atoms with E-state index in [2.05, 4.69) is 5.32 Å². The molecular formula is C12H15F3N2O2. The van der Waals surface area contributed by atoms with Crippen LogP contribution in [0.3, 0.4) is 0 Å². The molecule has 4 N–H and O–H groups in total. The Bertz CT molecular complexity index is 447. The van der Waals surface area contributed by atoms with Gasteiger partial charge in [0.1, 0.15) is 0 Å². The van der Waals surface area contributed by atoms with E-state index >= 15 is 0 Å². The molecule has 1 aromatic carbocycles. The van der Waals surface area contributed by atoms with Crippen LogP contribution in [-0.4, -0.2) is 23.8 Å². The fourth-order valence-electron chi connectivity index (χ4n) is 1.57. The second-order valence-corrected chi connectivity index (χ2v) is 4.11. The Morgan fingerprint density at radius 1 is 1.32 bits per heavy atom. The van der Waals surface area contributed by atoms with Crippen molar-refractivity contribution in [1.29, 1.82) is 0 Å². The summed E-state index contributed by atoms with van der Waals surface area (Å²) >= 11 is 0. The second kappa shape index (κ2) is 6.31.